The van der Waals surface area contributed by atoms with Gasteiger partial charge in [-0.3, -0.25) is 4.79 Å². The monoisotopic (exact) mass is 315 g/mol. The van der Waals surface area contributed by atoms with Crippen molar-refractivity contribution in [2.45, 2.75) is 64.0 Å². The zero-order valence-electron chi connectivity index (χ0n) is 13.3. The quantitative estimate of drug-likeness (QED) is 0.756. The highest BCUT2D eigenvalue weighted by molar-refractivity contribution is 7.99. The maximum Gasteiger partial charge on any atom is 0.303 e. The first-order chi connectivity index (χ1) is 9.91. The summed E-state index contributed by atoms with van der Waals surface area (Å²) >= 11 is 2.01. The second kappa shape index (κ2) is 7.34. The van der Waals surface area contributed by atoms with Crippen LogP contribution in [0.5, 0.6) is 0 Å². The lowest BCUT2D eigenvalue weighted by Crippen LogP contribution is -2.47. The van der Waals surface area contributed by atoms with Crippen molar-refractivity contribution >= 4 is 17.7 Å². The Morgan fingerprint density at radius 1 is 1.48 bits per heavy atom. The summed E-state index contributed by atoms with van der Waals surface area (Å²) in [7, 11) is 0. The van der Waals surface area contributed by atoms with Crippen molar-refractivity contribution in [1.29, 1.82) is 0 Å². The summed E-state index contributed by atoms with van der Waals surface area (Å²) in [6, 6.07) is 0.563. The molecule has 2 N–H and O–H groups in total. The molecule has 4 nitrogen and oxygen atoms in total. The molecule has 0 bridgehead atoms. The van der Waals surface area contributed by atoms with Crippen LogP contribution in [0.15, 0.2) is 0 Å². The molecule has 0 aromatic heterocycles. The Hall–Kier alpha value is -0.260. The number of carbonyl (C=O) groups is 1. The molecule has 0 amide bonds. The minimum atomic E-state index is -0.693. The minimum Gasteiger partial charge on any atom is -0.481 e. The van der Waals surface area contributed by atoms with E-state index in [-0.39, 0.29) is 17.4 Å². The number of hydrogen-bond donors (Lipinski definition) is 2. The maximum atomic E-state index is 10.7. The first-order valence-electron chi connectivity index (χ1n) is 8.08. The van der Waals surface area contributed by atoms with E-state index in [1.54, 1.807) is 0 Å². The van der Waals surface area contributed by atoms with Gasteiger partial charge in [-0.25, -0.2) is 0 Å². The molecule has 21 heavy (non-hydrogen) atoms. The van der Waals surface area contributed by atoms with Crippen molar-refractivity contribution in [2.24, 2.45) is 5.41 Å². The highest BCUT2D eigenvalue weighted by atomic mass is 32.2. The molecule has 2 aliphatic heterocycles. The van der Waals surface area contributed by atoms with Gasteiger partial charge in [-0.05, 0) is 49.8 Å². The maximum absolute atomic E-state index is 10.7. The van der Waals surface area contributed by atoms with Gasteiger partial charge in [0, 0.05) is 24.8 Å². The summed E-state index contributed by atoms with van der Waals surface area (Å²) in [5.74, 6) is 1.69. The third-order valence-corrected chi connectivity index (χ3v) is 6.03. The molecular weight excluding hydrogens is 286 g/mol. The van der Waals surface area contributed by atoms with E-state index in [0.29, 0.717) is 6.04 Å². The Bertz CT molecular complexity index is 353. The van der Waals surface area contributed by atoms with Crippen molar-refractivity contribution in [2.75, 3.05) is 24.7 Å². The molecule has 0 radical (unpaired) electrons. The summed E-state index contributed by atoms with van der Waals surface area (Å²) in [5, 5.41) is 12.5. The third-order valence-electron chi connectivity index (χ3n) is 4.81. The fourth-order valence-corrected chi connectivity index (χ4v) is 4.63. The number of rotatable bonds is 7. The predicted octanol–water partition coefficient (Wildman–Crippen LogP) is 2.91. The smallest absolute Gasteiger partial charge is 0.303 e. The van der Waals surface area contributed by atoms with Crippen molar-refractivity contribution < 1.29 is 14.6 Å². The van der Waals surface area contributed by atoms with E-state index in [1.165, 1.54) is 12.2 Å². The van der Waals surface area contributed by atoms with Crippen LogP contribution in [0.25, 0.3) is 0 Å². The first kappa shape index (κ1) is 17.1. The molecule has 5 heteroatoms. The molecule has 2 unspecified atom stereocenters. The van der Waals surface area contributed by atoms with Crippen LogP contribution in [0.4, 0.5) is 0 Å². The normalized spacial score (nSPS) is 29.9. The number of carboxylic acids is 1. The van der Waals surface area contributed by atoms with Crippen LogP contribution in [0.2, 0.25) is 0 Å². The van der Waals surface area contributed by atoms with Crippen LogP contribution in [-0.2, 0) is 9.53 Å². The molecule has 2 fully saturated rings. The number of thioether (sulfide) groups is 1. The molecule has 2 rings (SSSR count). The van der Waals surface area contributed by atoms with Gasteiger partial charge in [0.05, 0.1) is 5.60 Å². The fourth-order valence-electron chi connectivity index (χ4n) is 3.25. The van der Waals surface area contributed by atoms with Gasteiger partial charge in [-0.2, -0.15) is 11.8 Å². The zero-order valence-corrected chi connectivity index (χ0v) is 14.1. The van der Waals surface area contributed by atoms with Crippen LogP contribution in [0.1, 0.15) is 52.4 Å². The predicted molar refractivity (Wildman–Crippen MR) is 86.9 cm³/mol. The van der Waals surface area contributed by atoms with Crippen LogP contribution < -0.4 is 5.32 Å². The zero-order chi connectivity index (χ0) is 15.3. The second-order valence-electron chi connectivity index (χ2n) is 7.29. The molecule has 1 spiro atoms. The lowest BCUT2D eigenvalue weighted by molar-refractivity contribution is -0.137. The number of aliphatic carboxylic acids is 1. The van der Waals surface area contributed by atoms with Gasteiger partial charge < -0.3 is 15.2 Å². The third kappa shape index (κ3) is 5.46. The van der Waals surface area contributed by atoms with E-state index in [0.717, 1.165) is 44.6 Å². The summed E-state index contributed by atoms with van der Waals surface area (Å²) in [5.41, 5.74) is 0.233. The molecule has 2 atom stereocenters. The van der Waals surface area contributed by atoms with E-state index in [4.69, 9.17) is 9.84 Å². The number of carboxylic acid groups (broad SMARTS) is 1. The molecule has 2 heterocycles. The fraction of sp³-hybridized carbons (Fsp3) is 0.938. The SMILES string of the molecule is CC(C)(CCNC1CCOC2(CCSC2)C1)CCC(=O)O. The first-order valence-corrected chi connectivity index (χ1v) is 9.23. The van der Waals surface area contributed by atoms with E-state index >= 15 is 0 Å². The summed E-state index contributed by atoms with van der Waals surface area (Å²) < 4.78 is 6.04. The molecule has 0 saturated carbocycles. The van der Waals surface area contributed by atoms with Gasteiger partial charge >= 0.3 is 5.97 Å². The molecule has 2 aliphatic rings. The van der Waals surface area contributed by atoms with E-state index in [2.05, 4.69) is 19.2 Å². The average molecular weight is 315 g/mol. The Kier molecular flexibility index (Phi) is 5.97. The van der Waals surface area contributed by atoms with Gasteiger partial charge in [0.1, 0.15) is 0 Å². The van der Waals surface area contributed by atoms with Crippen molar-refractivity contribution in [3.63, 3.8) is 0 Å². The van der Waals surface area contributed by atoms with E-state index < -0.39 is 5.97 Å². The minimum absolute atomic E-state index is 0.0947. The molecule has 122 valence electrons. The van der Waals surface area contributed by atoms with Crippen molar-refractivity contribution in [3.8, 4) is 0 Å². The topological polar surface area (TPSA) is 58.6 Å². The van der Waals surface area contributed by atoms with Crippen LogP contribution >= 0.6 is 11.8 Å². The number of nitrogens with one attached hydrogen (secondary N) is 1. The lowest BCUT2D eigenvalue weighted by atomic mass is 9.84. The summed E-state index contributed by atoms with van der Waals surface area (Å²) in [4.78, 5) is 10.7. The Balaban J connectivity index is 1.69. The van der Waals surface area contributed by atoms with E-state index in [1.807, 2.05) is 11.8 Å². The number of ether oxygens (including phenoxy) is 1. The number of hydrogen-bond acceptors (Lipinski definition) is 4. The van der Waals surface area contributed by atoms with Gasteiger partial charge in [0.25, 0.3) is 0 Å². The largest absolute Gasteiger partial charge is 0.481 e. The Morgan fingerprint density at radius 3 is 2.95 bits per heavy atom. The van der Waals surface area contributed by atoms with Gasteiger partial charge in [0.2, 0.25) is 0 Å². The molecule has 0 aliphatic carbocycles. The van der Waals surface area contributed by atoms with Gasteiger partial charge in [-0.1, -0.05) is 13.8 Å². The Morgan fingerprint density at radius 2 is 2.29 bits per heavy atom. The highest BCUT2D eigenvalue weighted by Crippen LogP contribution is 2.38. The van der Waals surface area contributed by atoms with Gasteiger partial charge in [0.15, 0.2) is 0 Å². The molecular formula is C16H29NO3S. The van der Waals surface area contributed by atoms with E-state index in [9.17, 15) is 4.79 Å². The molecule has 2 saturated heterocycles. The van der Waals surface area contributed by atoms with Crippen molar-refractivity contribution in [1.82, 2.24) is 5.32 Å². The summed E-state index contributed by atoms with van der Waals surface area (Å²) in [6.07, 6.45) is 5.47. The summed E-state index contributed by atoms with van der Waals surface area (Å²) in [6.45, 7) is 6.18. The average Bonchev–Trinajstić information content (AvgIpc) is 2.84. The molecule has 0 aromatic rings. The second-order valence-corrected chi connectivity index (χ2v) is 8.39. The van der Waals surface area contributed by atoms with Crippen molar-refractivity contribution in [3.05, 3.63) is 0 Å². The van der Waals surface area contributed by atoms with Gasteiger partial charge in [-0.15, -0.1) is 0 Å². The molecule has 0 aromatic carbocycles. The van der Waals surface area contributed by atoms with Crippen LogP contribution in [-0.4, -0.2) is 47.4 Å². The highest BCUT2D eigenvalue weighted by Gasteiger charge is 2.40. The van der Waals surface area contributed by atoms with Crippen LogP contribution in [0, 0.1) is 5.41 Å². The standard InChI is InChI=1S/C16H29NO3S/c1-15(2,5-3-14(18)19)6-8-17-13-4-9-20-16(11-13)7-10-21-12-16/h13,17H,3-12H2,1-2H3,(H,18,19). The lowest BCUT2D eigenvalue weighted by Gasteiger charge is -2.38. The van der Waals surface area contributed by atoms with Crippen LogP contribution in [0.3, 0.4) is 0 Å². The Labute approximate surface area is 132 Å².